The van der Waals surface area contributed by atoms with Crippen molar-refractivity contribution in [3.05, 3.63) is 56.5 Å². The number of carbonyl (C=O) groups is 1. The van der Waals surface area contributed by atoms with E-state index < -0.39 is 0 Å². The van der Waals surface area contributed by atoms with Crippen molar-refractivity contribution < 1.29 is 4.79 Å². The van der Waals surface area contributed by atoms with Gasteiger partial charge in [0, 0.05) is 30.1 Å². The number of benzene rings is 1. The summed E-state index contributed by atoms with van der Waals surface area (Å²) >= 11 is 14.3. The highest BCUT2D eigenvalue weighted by Gasteiger charge is 2.25. The Morgan fingerprint density at radius 1 is 1.18 bits per heavy atom. The van der Waals surface area contributed by atoms with Crippen LogP contribution in [0, 0.1) is 18.8 Å². The second-order valence-electron chi connectivity index (χ2n) is 8.39. The maximum atomic E-state index is 13.2. The Kier molecular flexibility index (Phi) is 8.33. The number of carbonyl (C=O) groups excluding carboxylic acids is 1. The molecule has 5 nitrogen and oxygen atoms in total. The van der Waals surface area contributed by atoms with Crippen LogP contribution in [-0.2, 0) is 0 Å². The highest BCUT2D eigenvalue weighted by Crippen LogP contribution is 2.36. The Labute approximate surface area is 215 Å². The van der Waals surface area contributed by atoms with Crippen molar-refractivity contribution in [3.8, 4) is 28.1 Å². The van der Waals surface area contributed by atoms with Crippen molar-refractivity contribution in [1.82, 2.24) is 20.2 Å². The maximum absolute atomic E-state index is 13.2. The van der Waals surface area contributed by atoms with E-state index in [1.54, 1.807) is 28.2 Å². The number of aromatic nitrogens is 2. The number of nitrogens with zero attached hydrogens (tertiary/aromatic N) is 3. The molecule has 0 spiro atoms. The van der Waals surface area contributed by atoms with Crippen LogP contribution in [0.15, 0.2) is 30.3 Å². The van der Waals surface area contributed by atoms with Crippen LogP contribution in [0.4, 0.5) is 0 Å². The summed E-state index contributed by atoms with van der Waals surface area (Å²) in [7, 11) is 0. The van der Waals surface area contributed by atoms with Gasteiger partial charge in [0.1, 0.15) is 0 Å². The van der Waals surface area contributed by atoms with Crippen LogP contribution >= 0.6 is 34.5 Å². The molecule has 1 aromatic carbocycles. The Bertz CT molecular complexity index is 1230. The first kappa shape index (κ1) is 24.8. The average molecular weight is 516 g/mol. The van der Waals surface area contributed by atoms with Gasteiger partial charge in [-0.1, -0.05) is 54.8 Å². The second-order valence-corrected chi connectivity index (χ2v) is 10.3. The molecule has 0 unspecified atom stereocenters. The van der Waals surface area contributed by atoms with E-state index in [0.29, 0.717) is 21.4 Å². The molecule has 1 aliphatic rings. The number of hydrogen-bond donors (Lipinski definition) is 1. The number of nitrogens with one attached hydrogen (secondary N) is 1. The molecule has 1 aliphatic heterocycles. The molecule has 178 valence electrons. The van der Waals surface area contributed by atoms with Gasteiger partial charge in [-0.2, -0.15) is 5.10 Å². The quantitative estimate of drug-likeness (QED) is 0.287. The number of amides is 1. The van der Waals surface area contributed by atoms with Gasteiger partial charge in [-0.05, 0) is 56.5 Å². The topological polar surface area (TPSA) is 50.2 Å². The molecule has 4 rings (SSSR count). The Balaban J connectivity index is 1.73. The van der Waals surface area contributed by atoms with Gasteiger partial charge in [-0.25, -0.2) is 9.69 Å². The van der Waals surface area contributed by atoms with Gasteiger partial charge in [-0.15, -0.1) is 11.3 Å². The van der Waals surface area contributed by atoms with Gasteiger partial charge >= 0.3 is 0 Å². The van der Waals surface area contributed by atoms with E-state index in [1.807, 2.05) is 30.1 Å². The van der Waals surface area contributed by atoms with Crippen molar-refractivity contribution in [2.45, 2.75) is 52.4 Å². The molecule has 1 fully saturated rings. The number of halogens is 2. The second kappa shape index (κ2) is 11.4. The van der Waals surface area contributed by atoms with Gasteiger partial charge < -0.3 is 0 Å². The van der Waals surface area contributed by atoms with Crippen LogP contribution in [0.25, 0.3) is 16.3 Å². The van der Waals surface area contributed by atoms with Gasteiger partial charge in [-0.3, -0.25) is 10.2 Å². The standard InChI is InChI=1S/C26H28Cl2N4OS/c1-3-4-5-7-10-20-12-14-23(34-20)25-18(2)24(26(33)30-31-15-8-6-9-16-31)29-32(25)22-13-11-19(27)17-21(22)28/h11-14,17H,3-6,8-9,15-16H2,1-2H3,(H,30,33). The summed E-state index contributed by atoms with van der Waals surface area (Å²) in [6, 6.07) is 9.34. The third-order valence-electron chi connectivity index (χ3n) is 5.80. The molecule has 8 heteroatoms. The summed E-state index contributed by atoms with van der Waals surface area (Å²) in [5.74, 6) is 6.30. The summed E-state index contributed by atoms with van der Waals surface area (Å²) in [4.78, 5) is 15.2. The third-order valence-corrected chi connectivity index (χ3v) is 7.34. The first-order valence-electron chi connectivity index (χ1n) is 11.7. The third kappa shape index (κ3) is 5.67. The summed E-state index contributed by atoms with van der Waals surface area (Å²) < 4.78 is 1.75. The fourth-order valence-corrected chi connectivity index (χ4v) is 5.43. The maximum Gasteiger partial charge on any atom is 0.286 e. The molecule has 34 heavy (non-hydrogen) atoms. The van der Waals surface area contributed by atoms with Crippen LogP contribution in [0.2, 0.25) is 10.0 Å². The Morgan fingerprint density at radius 2 is 1.97 bits per heavy atom. The molecule has 1 N–H and O–H groups in total. The van der Waals surface area contributed by atoms with Crippen molar-refractivity contribution in [1.29, 1.82) is 0 Å². The molecular weight excluding hydrogens is 487 g/mol. The van der Waals surface area contributed by atoms with E-state index in [9.17, 15) is 4.79 Å². The van der Waals surface area contributed by atoms with Gasteiger partial charge in [0.2, 0.25) is 0 Å². The van der Waals surface area contributed by atoms with E-state index in [1.165, 1.54) is 6.42 Å². The molecule has 1 saturated heterocycles. The largest absolute Gasteiger partial charge is 0.286 e. The van der Waals surface area contributed by atoms with Gasteiger partial charge in [0.25, 0.3) is 5.91 Å². The molecular formula is C26H28Cl2N4OS. The number of thiophene rings is 1. The van der Waals surface area contributed by atoms with Crippen molar-refractivity contribution in [2.75, 3.05) is 13.1 Å². The van der Waals surface area contributed by atoms with E-state index >= 15 is 0 Å². The molecule has 1 amide bonds. The van der Waals surface area contributed by atoms with Crippen LogP contribution in [0.5, 0.6) is 0 Å². The highest BCUT2D eigenvalue weighted by molar-refractivity contribution is 7.16. The highest BCUT2D eigenvalue weighted by atomic mass is 35.5. The Morgan fingerprint density at radius 3 is 2.71 bits per heavy atom. The molecule has 0 bridgehead atoms. The lowest BCUT2D eigenvalue weighted by Gasteiger charge is -2.26. The SMILES string of the molecule is CCCCC#Cc1ccc(-c2c(C)c(C(=O)NN3CCCCC3)nn2-c2ccc(Cl)cc2Cl)s1. The molecule has 0 atom stereocenters. The zero-order chi connectivity index (χ0) is 24.1. The lowest BCUT2D eigenvalue weighted by atomic mass is 10.1. The van der Waals surface area contributed by atoms with Gasteiger partial charge in [0.15, 0.2) is 5.69 Å². The summed E-state index contributed by atoms with van der Waals surface area (Å²) in [6.45, 7) is 5.80. The predicted molar refractivity (Wildman–Crippen MR) is 141 cm³/mol. The summed E-state index contributed by atoms with van der Waals surface area (Å²) in [5.41, 5.74) is 5.72. The predicted octanol–water partition coefficient (Wildman–Crippen LogP) is 6.89. The zero-order valence-electron chi connectivity index (χ0n) is 19.5. The minimum atomic E-state index is -0.208. The van der Waals surface area contributed by atoms with E-state index in [0.717, 1.165) is 66.2 Å². The Hall–Kier alpha value is -2.30. The lowest BCUT2D eigenvalue weighted by Crippen LogP contribution is -2.45. The molecule has 0 saturated carbocycles. The summed E-state index contributed by atoms with van der Waals surface area (Å²) in [6.07, 6.45) is 6.48. The van der Waals surface area contributed by atoms with E-state index in [2.05, 4.69) is 24.2 Å². The number of piperidine rings is 1. The molecule has 0 aliphatic carbocycles. The first-order chi connectivity index (χ1) is 16.5. The average Bonchev–Trinajstić information content (AvgIpc) is 3.41. The monoisotopic (exact) mass is 514 g/mol. The van der Waals surface area contributed by atoms with Gasteiger partial charge in [0.05, 0.1) is 26.2 Å². The van der Waals surface area contributed by atoms with Crippen molar-refractivity contribution >= 4 is 40.4 Å². The molecule has 0 radical (unpaired) electrons. The first-order valence-corrected chi connectivity index (χ1v) is 13.2. The summed E-state index contributed by atoms with van der Waals surface area (Å²) in [5, 5.41) is 7.72. The van der Waals surface area contributed by atoms with Crippen LogP contribution in [0.1, 0.15) is 66.4 Å². The molecule has 3 heterocycles. The van der Waals surface area contributed by atoms with Crippen molar-refractivity contribution in [2.24, 2.45) is 0 Å². The van der Waals surface area contributed by atoms with Crippen LogP contribution < -0.4 is 5.43 Å². The molecule has 3 aromatic rings. The normalized spacial score (nSPS) is 14.0. The molecule has 2 aromatic heterocycles. The number of rotatable bonds is 6. The fraction of sp³-hybridized carbons (Fsp3) is 0.385. The van der Waals surface area contributed by atoms with Crippen LogP contribution in [0.3, 0.4) is 0 Å². The fourth-order valence-electron chi connectivity index (χ4n) is 3.98. The number of unbranched alkanes of at least 4 members (excludes halogenated alkanes) is 2. The number of hydrogen-bond acceptors (Lipinski definition) is 4. The smallest absolute Gasteiger partial charge is 0.283 e. The zero-order valence-corrected chi connectivity index (χ0v) is 21.8. The minimum Gasteiger partial charge on any atom is -0.283 e. The minimum absolute atomic E-state index is 0.208. The van der Waals surface area contributed by atoms with E-state index in [4.69, 9.17) is 28.3 Å². The van der Waals surface area contributed by atoms with Crippen LogP contribution in [-0.4, -0.2) is 33.8 Å². The van der Waals surface area contributed by atoms with Crippen molar-refractivity contribution in [3.63, 3.8) is 0 Å². The van der Waals surface area contributed by atoms with E-state index in [-0.39, 0.29) is 5.91 Å². The number of hydrazine groups is 1. The lowest BCUT2D eigenvalue weighted by molar-refractivity contribution is 0.0743.